The number of rotatable bonds is 4. The van der Waals surface area contributed by atoms with Crippen LogP contribution < -0.4 is 4.31 Å². The smallest absolute Gasteiger partial charge is 0.314 e. The minimum absolute atomic E-state index is 0.224. The molecule has 0 saturated carbocycles. The van der Waals surface area contributed by atoms with E-state index in [1.165, 1.54) is 12.1 Å². The van der Waals surface area contributed by atoms with Crippen LogP contribution in [0.2, 0.25) is 5.02 Å². The summed E-state index contributed by atoms with van der Waals surface area (Å²) in [4.78, 5) is 0. The van der Waals surface area contributed by atoms with E-state index in [0.29, 0.717) is 10.6 Å². The molecule has 0 radical (unpaired) electrons. The number of benzene rings is 2. The van der Waals surface area contributed by atoms with Crippen LogP contribution >= 0.6 is 11.6 Å². The minimum atomic E-state index is -3.82. The number of hydrogen-bond donors (Lipinski definition) is 0. The van der Waals surface area contributed by atoms with Gasteiger partial charge in [-0.05, 0) is 42.3 Å². The molecule has 4 rings (SSSR count). The summed E-state index contributed by atoms with van der Waals surface area (Å²) < 4.78 is 85.3. The standard InChI is InChI=1S/C18H12ClF4N3O3S/c19-11-1-2-15-9(5-11)3-4-30(27,28)26(15)8-12-13(20)6-10(7-14(12)21)17-24-25-18(29-17)16(22)23/h1-2,5-7,16H,3-4,8H2. The largest absolute Gasteiger partial charge is 0.415 e. The van der Waals surface area contributed by atoms with Crippen LogP contribution in [0.1, 0.15) is 23.4 Å². The molecule has 0 N–H and O–H groups in total. The summed E-state index contributed by atoms with van der Waals surface area (Å²) in [6.07, 6.45) is -2.81. The van der Waals surface area contributed by atoms with E-state index in [0.717, 1.165) is 16.4 Å². The third kappa shape index (κ3) is 3.74. The fraction of sp³-hybridized carbons (Fsp3) is 0.222. The highest BCUT2D eigenvalue weighted by atomic mass is 35.5. The lowest BCUT2D eigenvalue weighted by Crippen LogP contribution is -2.37. The lowest BCUT2D eigenvalue weighted by Gasteiger charge is -2.31. The molecule has 2 aromatic carbocycles. The highest BCUT2D eigenvalue weighted by molar-refractivity contribution is 7.92. The molecule has 12 heteroatoms. The molecule has 3 aromatic rings. The molecule has 158 valence electrons. The van der Waals surface area contributed by atoms with Crippen molar-refractivity contribution in [1.82, 2.24) is 10.2 Å². The van der Waals surface area contributed by atoms with Gasteiger partial charge in [0.05, 0.1) is 18.0 Å². The molecule has 6 nitrogen and oxygen atoms in total. The number of aromatic nitrogens is 2. The highest BCUT2D eigenvalue weighted by Crippen LogP contribution is 2.34. The number of fused-ring (bicyclic) bond motifs is 1. The third-order valence-electron chi connectivity index (χ3n) is 4.59. The molecule has 0 saturated heterocycles. The monoisotopic (exact) mass is 461 g/mol. The molecule has 0 spiro atoms. The maximum atomic E-state index is 14.7. The number of alkyl halides is 2. The van der Waals surface area contributed by atoms with Crippen LogP contribution in [0.25, 0.3) is 11.5 Å². The van der Waals surface area contributed by atoms with Gasteiger partial charge in [0.25, 0.3) is 5.89 Å². The summed E-state index contributed by atoms with van der Waals surface area (Å²) in [5, 5.41) is 6.87. The van der Waals surface area contributed by atoms with E-state index in [1.54, 1.807) is 6.07 Å². The third-order valence-corrected chi connectivity index (χ3v) is 6.54. The summed E-state index contributed by atoms with van der Waals surface area (Å²) in [6.45, 7) is -0.596. The van der Waals surface area contributed by atoms with Gasteiger partial charge < -0.3 is 4.42 Å². The number of anilines is 1. The summed E-state index contributed by atoms with van der Waals surface area (Å²) in [7, 11) is -3.82. The Labute approximate surface area is 173 Å². The van der Waals surface area contributed by atoms with Gasteiger partial charge in [0.2, 0.25) is 15.9 Å². The fourth-order valence-electron chi connectivity index (χ4n) is 3.14. The Bertz CT molecular complexity index is 1210. The van der Waals surface area contributed by atoms with Crippen molar-refractivity contribution in [2.75, 3.05) is 10.1 Å². The van der Waals surface area contributed by atoms with Crippen molar-refractivity contribution in [1.29, 1.82) is 0 Å². The van der Waals surface area contributed by atoms with Crippen molar-refractivity contribution < 1.29 is 30.4 Å². The Morgan fingerprint density at radius 2 is 1.83 bits per heavy atom. The van der Waals surface area contributed by atoms with E-state index in [9.17, 15) is 26.0 Å². The maximum Gasteiger partial charge on any atom is 0.314 e. The molecular formula is C18H12ClF4N3O3S. The first-order valence-electron chi connectivity index (χ1n) is 8.54. The molecule has 1 aliphatic heterocycles. The van der Waals surface area contributed by atoms with Crippen molar-refractivity contribution in [3.63, 3.8) is 0 Å². The quantitative estimate of drug-likeness (QED) is 0.535. The van der Waals surface area contributed by atoms with Gasteiger partial charge in [-0.1, -0.05) is 11.6 Å². The highest BCUT2D eigenvalue weighted by Gasteiger charge is 2.31. The second kappa shape index (κ2) is 7.55. The summed E-state index contributed by atoms with van der Waals surface area (Å²) >= 11 is 5.95. The van der Waals surface area contributed by atoms with E-state index in [1.807, 2.05) is 0 Å². The number of hydrogen-bond acceptors (Lipinski definition) is 5. The minimum Gasteiger partial charge on any atom is -0.415 e. The Morgan fingerprint density at radius 3 is 2.47 bits per heavy atom. The maximum absolute atomic E-state index is 14.7. The van der Waals surface area contributed by atoms with Crippen molar-refractivity contribution in [2.24, 2.45) is 0 Å². The number of aryl methyl sites for hydroxylation is 1. The molecule has 0 atom stereocenters. The first kappa shape index (κ1) is 20.6. The molecule has 1 aromatic heterocycles. The Hall–Kier alpha value is -2.66. The van der Waals surface area contributed by atoms with Gasteiger partial charge in [-0.3, -0.25) is 4.31 Å². The zero-order valence-electron chi connectivity index (χ0n) is 14.9. The van der Waals surface area contributed by atoms with Gasteiger partial charge in [-0.2, -0.15) is 8.78 Å². The first-order valence-corrected chi connectivity index (χ1v) is 10.5. The van der Waals surface area contributed by atoms with Gasteiger partial charge in [0.15, 0.2) is 0 Å². The van der Waals surface area contributed by atoms with Crippen molar-refractivity contribution >= 4 is 27.3 Å². The zero-order chi connectivity index (χ0) is 21.6. The van der Waals surface area contributed by atoms with Crippen LogP contribution in [-0.2, 0) is 23.0 Å². The van der Waals surface area contributed by atoms with Crippen LogP contribution in [0.4, 0.5) is 23.2 Å². The normalized spacial score (nSPS) is 15.5. The van der Waals surface area contributed by atoms with E-state index >= 15 is 0 Å². The lowest BCUT2D eigenvalue weighted by atomic mass is 10.1. The van der Waals surface area contributed by atoms with Gasteiger partial charge in [0.1, 0.15) is 11.6 Å². The van der Waals surface area contributed by atoms with Gasteiger partial charge in [0, 0.05) is 16.1 Å². The first-order chi connectivity index (χ1) is 14.2. The second-order valence-electron chi connectivity index (χ2n) is 6.51. The zero-order valence-corrected chi connectivity index (χ0v) is 16.5. The predicted molar refractivity (Wildman–Crippen MR) is 99.7 cm³/mol. The van der Waals surface area contributed by atoms with E-state index < -0.39 is 52.0 Å². The fourth-order valence-corrected chi connectivity index (χ4v) is 4.84. The van der Waals surface area contributed by atoms with Gasteiger partial charge in [-0.25, -0.2) is 17.2 Å². The molecular weight excluding hydrogens is 450 g/mol. The van der Waals surface area contributed by atoms with Crippen molar-refractivity contribution in [3.05, 3.63) is 64.0 Å². The summed E-state index contributed by atoms with van der Waals surface area (Å²) in [6, 6.07) is 6.20. The van der Waals surface area contributed by atoms with E-state index in [4.69, 9.17) is 16.0 Å². The van der Waals surface area contributed by atoms with Gasteiger partial charge in [-0.15, -0.1) is 10.2 Å². The Morgan fingerprint density at radius 1 is 1.13 bits per heavy atom. The van der Waals surface area contributed by atoms with Crippen LogP contribution in [0.5, 0.6) is 0 Å². The van der Waals surface area contributed by atoms with Crippen LogP contribution in [0.3, 0.4) is 0 Å². The summed E-state index contributed by atoms with van der Waals surface area (Å²) in [5.41, 5.74) is 0.160. The molecule has 2 heterocycles. The number of sulfonamides is 1. The molecule has 0 unspecified atom stereocenters. The average Bonchev–Trinajstić information content (AvgIpc) is 3.16. The number of halogens is 5. The van der Waals surface area contributed by atoms with Gasteiger partial charge >= 0.3 is 6.43 Å². The van der Waals surface area contributed by atoms with Crippen LogP contribution in [0, 0.1) is 11.6 Å². The second-order valence-corrected chi connectivity index (χ2v) is 8.96. The molecule has 0 fully saturated rings. The SMILES string of the molecule is O=S1(=O)CCc2cc(Cl)ccc2N1Cc1c(F)cc(-c2nnc(C(F)F)o2)cc1F. The summed E-state index contributed by atoms with van der Waals surface area (Å²) in [5.74, 6) is -3.87. The molecule has 1 aliphatic rings. The number of nitrogens with zero attached hydrogens (tertiary/aromatic N) is 3. The van der Waals surface area contributed by atoms with Crippen molar-refractivity contribution in [2.45, 2.75) is 19.4 Å². The Kier molecular flexibility index (Phi) is 5.18. The average molecular weight is 462 g/mol. The molecule has 0 aliphatic carbocycles. The molecule has 0 amide bonds. The van der Waals surface area contributed by atoms with Crippen LogP contribution in [-0.4, -0.2) is 24.4 Å². The van der Waals surface area contributed by atoms with Crippen LogP contribution in [0.15, 0.2) is 34.7 Å². The van der Waals surface area contributed by atoms with E-state index in [-0.39, 0.29) is 23.4 Å². The van der Waals surface area contributed by atoms with E-state index in [2.05, 4.69) is 10.2 Å². The molecule has 30 heavy (non-hydrogen) atoms. The van der Waals surface area contributed by atoms with Crippen molar-refractivity contribution in [3.8, 4) is 11.5 Å². The topological polar surface area (TPSA) is 76.3 Å². The lowest BCUT2D eigenvalue weighted by molar-refractivity contribution is 0.116. The predicted octanol–water partition coefficient (Wildman–Crippen LogP) is 4.50. The molecule has 0 bridgehead atoms. The Balaban J connectivity index is 1.71.